The lowest BCUT2D eigenvalue weighted by atomic mass is 10.0. The Bertz CT molecular complexity index is 1400. The van der Waals surface area contributed by atoms with Crippen LogP contribution < -0.4 is 4.57 Å². The number of pyridine rings is 1. The first-order valence-corrected chi connectivity index (χ1v) is 16.2. The number of nitrogens with zero attached hydrogens (tertiary/aromatic N) is 3. The van der Waals surface area contributed by atoms with Gasteiger partial charge >= 0.3 is 0 Å². The molecule has 0 aliphatic rings. The molecule has 0 saturated carbocycles. The van der Waals surface area contributed by atoms with Crippen molar-refractivity contribution in [3.05, 3.63) is 103 Å². The summed E-state index contributed by atoms with van der Waals surface area (Å²) >= 11 is 0. The van der Waals surface area contributed by atoms with Crippen molar-refractivity contribution in [1.29, 1.82) is 0 Å². The van der Waals surface area contributed by atoms with E-state index < -0.39 is 8.07 Å². The predicted molar refractivity (Wildman–Crippen MR) is 149 cm³/mol. The van der Waals surface area contributed by atoms with Crippen molar-refractivity contribution >= 4 is 8.07 Å². The normalized spacial score (nSPS) is 11.5. The molecule has 36 heavy (non-hydrogen) atoms. The summed E-state index contributed by atoms with van der Waals surface area (Å²) in [6.07, 6.45) is 5.61. The number of rotatable bonds is 8. The summed E-state index contributed by atoms with van der Waals surface area (Å²) in [6.45, 7) is 8.38. The third kappa shape index (κ3) is 5.86. The van der Waals surface area contributed by atoms with Gasteiger partial charge in [0.05, 0.1) is 0 Å². The zero-order valence-electron chi connectivity index (χ0n) is 21.2. The Morgan fingerprint density at radius 1 is 0.583 bits per heavy atom. The SMILES string of the molecule is C[Si](C)(C)CCC[n+]1ccc(-c2ccc(-c3nnc(-c4ccc(-c5ccccc5)cc4)o3)cc2)cc1. The van der Waals surface area contributed by atoms with Crippen molar-refractivity contribution in [2.45, 2.75) is 38.7 Å². The van der Waals surface area contributed by atoms with Gasteiger partial charge in [-0.3, -0.25) is 0 Å². The number of hydrogen-bond acceptors (Lipinski definition) is 3. The molecular formula is C31H32N3OSi+. The lowest BCUT2D eigenvalue weighted by Crippen LogP contribution is -2.33. The van der Waals surface area contributed by atoms with Crippen molar-refractivity contribution in [3.8, 4) is 45.2 Å². The highest BCUT2D eigenvalue weighted by Crippen LogP contribution is 2.28. The summed E-state index contributed by atoms with van der Waals surface area (Å²) in [5, 5.41) is 8.56. The van der Waals surface area contributed by atoms with Gasteiger partial charge in [-0.25, -0.2) is 4.57 Å². The highest BCUT2D eigenvalue weighted by atomic mass is 28.3. The Labute approximate surface area is 214 Å². The van der Waals surface area contributed by atoms with Crippen LogP contribution in [0.25, 0.3) is 45.2 Å². The topological polar surface area (TPSA) is 42.8 Å². The van der Waals surface area contributed by atoms with Crippen molar-refractivity contribution in [2.75, 3.05) is 0 Å². The van der Waals surface area contributed by atoms with Crippen molar-refractivity contribution < 1.29 is 8.98 Å². The van der Waals surface area contributed by atoms with E-state index in [0.29, 0.717) is 11.8 Å². The molecule has 0 bridgehead atoms. The van der Waals surface area contributed by atoms with Gasteiger partial charge in [0.1, 0.15) is 6.54 Å². The van der Waals surface area contributed by atoms with Crippen LogP contribution in [0.1, 0.15) is 6.42 Å². The van der Waals surface area contributed by atoms with E-state index in [1.807, 2.05) is 42.5 Å². The summed E-state index contributed by atoms with van der Waals surface area (Å²) in [6, 6.07) is 32.6. The van der Waals surface area contributed by atoms with Gasteiger partial charge in [-0.1, -0.05) is 80.3 Å². The molecule has 5 aromatic rings. The lowest BCUT2D eigenvalue weighted by Gasteiger charge is -2.13. The zero-order chi connectivity index (χ0) is 25.0. The van der Waals surface area contributed by atoms with Crippen LogP contribution in [0.4, 0.5) is 0 Å². The Kier molecular flexibility index (Phi) is 6.92. The van der Waals surface area contributed by atoms with Gasteiger partial charge in [-0.05, 0) is 46.5 Å². The van der Waals surface area contributed by atoms with Crippen LogP contribution in [0.5, 0.6) is 0 Å². The quantitative estimate of drug-likeness (QED) is 0.165. The Hall–Kier alpha value is -3.83. The van der Waals surface area contributed by atoms with Crippen molar-refractivity contribution in [3.63, 3.8) is 0 Å². The molecule has 5 rings (SSSR count). The molecule has 0 amide bonds. The van der Waals surface area contributed by atoms with E-state index in [4.69, 9.17) is 4.42 Å². The summed E-state index contributed by atoms with van der Waals surface area (Å²) in [7, 11) is -0.972. The van der Waals surface area contributed by atoms with E-state index in [1.165, 1.54) is 29.2 Å². The monoisotopic (exact) mass is 490 g/mol. The summed E-state index contributed by atoms with van der Waals surface area (Å²) < 4.78 is 8.28. The van der Waals surface area contributed by atoms with Gasteiger partial charge < -0.3 is 4.42 Å². The van der Waals surface area contributed by atoms with Crippen LogP contribution in [0, 0.1) is 0 Å². The summed E-state index contributed by atoms with van der Waals surface area (Å²) in [5.74, 6) is 1.05. The van der Waals surface area contributed by atoms with Gasteiger partial charge in [0.2, 0.25) is 11.8 Å². The molecule has 2 aromatic heterocycles. The van der Waals surface area contributed by atoms with E-state index in [2.05, 4.69) is 95.3 Å². The third-order valence-corrected chi connectivity index (χ3v) is 8.22. The molecule has 5 heteroatoms. The molecule has 0 atom stereocenters. The summed E-state index contributed by atoms with van der Waals surface area (Å²) in [5.41, 5.74) is 6.54. The molecule has 0 spiro atoms. The first kappa shape index (κ1) is 23.9. The number of benzene rings is 3. The second-order valence-electron chi connectivity index (χ2n) is 10.4. The largest absolute Gasteiger partial charge is 0.416 e. The Morgan fingerprint density at radius 2 is 1.03 bits per heavy atom. The number of hydrogen-bond donors (Lipinski definition) is 0. The molecule has 0 unspecified atom stereocenters. The Morgan fingerprint density at radius 3 is 1.53 bits per heavy atom. The minimum atomic E-state index is -0.972. The maximum Gasteiger partial charge on any atom is 0.248 e. The van der Waals surface area contributed by atoms with Crippen LogP contribution in [0.3, 0.4) is 0 Å². The molecule has 0 saturated heterocycles. The molecule has 0 aliphatic heterocycles. The van der Waals surface area contributed by atoms with Gasteiger partial charge in [-0.2, -0.15) is 0 Å². The van der Waals surface area contributed by atoms with Crippen molar-refractivity contribution in [1.82, 2.24) is 10.2 Å². The number of aromatic nitrogens is 3. The van der Waals surface area contributed by atoms with E-state index in [-0.39, 0.29) is 0 Å². The molecule has 0 fully saturated rings. The highest BCUT2D eigenvalue weighted by molar-refractivity contribution is 6.76. The van der Waals surface area contributed by atoms with E-state index in [0.717, 1.165) is 23.2 Å². The van der Waals surface area contributed by atoms with Crippen LogP contribution in [0.15, 0.2) is 108 Å². The summed E-state index contributed by atoms with van der Waals surface area (Å²) in [4.78, 5) is 0. The van der Waals surface area contributed by atoms with Crippen molar-refractivity contribution in [2.24, 2.45) is 0 Å². The second-order valence-corrected chi connectivity index (χ2v) is 16.0. The molecule has 0 aliphatic carbocycles. The fraction of sp³-hybridized carbons (Fsp3) is 0.194. The van der Waals surface area contributed by atoms with Gasteiger partial charge in [-0.15, -0.1) is 10.2 Å². The van der Waals surface area contributed by atoms with Crippen LogP contribution in [-0.4, -0.2) is 18.3 Å². The standard InChI is InChI=1S/C31H32N3OSi/c1-36(2,3)23-7-20-34-21-18-27(19-22-34)26-12-16-29(17-13-26)31-33-32-30(35-31)28-14-10-25(11-15-28)24-8-5-4-6-9-24/h4-6,8-19,21-22H,7,20,23H2,1-3H3/q+1. The van der Waals surface area contributed by atoms with Gasteiger partial charge in [0.15, 0.2) is 12.4 Å². The Balaban J connectivity index is 1.25. The molecule has 3 aromatic carbocycles. The molecule has 4 nitrogen and oxygen atoms in total. The average molecular weight is 491 g/mol. The highest BCUT2D eigenvalue weighted by Gasteiger charge is 2.14. The van der Waals surface area contributed by atoms with E-state index in [1.54, 1.807) is 0 Å². The maximum absolute atomic E-state index is 6.00. The molecule has 180 valence electrons. The number of aryl methyl sites for hydroxylation is 1. The van der Waals surface area contributed by atoms with Gasteiger partial charge in [0, 0.05) is 37.8 Å². The zero-order valence-corrected chi connectivity index (χ0v) is 22.2. The van der Waals surface area contributed by atoms with Crippen LogP contribution >= 0.6 is 0 Å². The average Bonchev–Trinajstić information content (AvgIpc) is 3.40. The van der Waals surface area contributed by atoms with E-state index >= 15 is 0 Å². The predicted octanol–water partition coefficient (Wildman–Crippen LogP) is 7.75. The lowest BCUT2D eigenvalue weighted by molar-refractivity contribution is -0.696. The van der Waals surface area contributed by atoms with Crippen LogP contribution in [0.2, 0.25) is 25.7 Å². The van der Waals surface area contributed by atoms with E-state index in [9.17, 15) is 0 Å². The maximum atomic E-state index is 6.00. The molecule has 0 N–H and O–H groups in total. The first-order valence-electron chi connectivity index (χ1n) is 12.5. The van der Waals surface area contributed by atoms with Gasteiger partial charge in [0.25, 0.3) is 0 Å². The third-order valence-electron chi connectivity index (χ3n) is 6.36. The second kappa shape index (κ2) is 10.4. The fourth-order valence-corrected chi connectivity index (χ4v) is 5.51. The smallest absolute Gasteiger partial charge is 0.248 e. The molecular weight excluding hydrogens is 458 g/mol. The minimum absolute atomic E-state index is 0.524. The minimum Gasteiger partial charge on any atom is -0.416 e. The fourth-order valence-electron chi connectivity index (χ4n) is 4.29. The first-order chi connectivity index (χ1) is 17.4. The molecule has 2 heterocycles. The molecule has 0 radical (unpaired) electrons. The van der Waals surface area contributed by atoms with Crippen LogP contribution in [-0.2, 0) is 6.54 Å².